The van der Waals surface area contributed by atoms with Crippen molar-refractivity contribution in [3.8, 4) is 0 Å². The topological polar surface area (TPSA) is 58.4 Å². The number of benzene rings is 1. The molecule has 0 atom stereocenters. The van der Waals surface area contributed by atoms with E-state index in [2.05, 4.69) is 10.2 Å². The van der Waals surface area contributed by atoms with Gasteiger partial charge in [0.25, 0.3) is 5.69 Å². The molecule has 6 heteroatoms. The maximum absolute atomic E-state index is 13.1. The first-order valence-electron chi connectivity index (χ1n) is 5.53. The molecule has 0 spiro atoms. The quantitative estimate of drug-likeness (QED) is 0.634. The Bertz CT molecular complexity index is 419. The van der Waals surface area contributed by atoms with Crippen LogP contribution in [0.4, 0.5) is 10.1 Å². The predicted molar refractivity (Wildman–Crippen MR) is 61.2 cm³/mol. The molecule has 0 unspecified atom stereocenters. The number of nitro benzene ring substituents is 1. The van der Waals surface area contributed by atoms with Crippen molar-refractivity contribution in [1.82, 2.24) is 10.2 Å². The summed E-state index contributed by atoms with van der Waals surface area (Å²) in [6.45, 7) is 3.81. The van der Waals surface area contributed by atoms with E-state index >= 15 is 0 Å². The highest BCUT2D eigenvalue weighted by atomic mass is 19.1. The molecule has 0 bridgehead atoms. The Morgan fingerprint density at radius 1 is 1.41 bits per heavy atom. The molecule has 1 aliphatic rings. The van der Waals surface area contributed by atoms with Crippen molar-refractivity contribution in [2.45, 2.75) is 6.54 Å². The SMILES string of the molecule is O=[N+]([O-])c1ccc(F)cc1CN1CCNCC1. The fourth-order valence-electron chi connectivity index (χ4n) is 1.97. The minimum absolute atomic E-state index is 0.00932. The smallest absolute Gasteiger partial charge is 0.274 e. The lowest BCUT2D eigenvalue weighted by Gasteiger charge is -2.26. The zero-order valence-corrected chi connectivity index (χ0v) is 9.36. The van der Waals surface area contributed by atoms with Gasteiger partial charge in [0.15, 0.2) is 0 Å². The summed E-state index contributed by atoms with van der Waals surface area (Å²) in [5.74, 6) is -0.430. The van der Waals surface area contributed by atoms with E-state index in [1.54, 1.807) is 0 Å². The van der Waals surface area contributed by atoms with Gasteiger partial charge in [0.1, 0.15) is 5.82 Å². The molecule has 1 saturated heterocycles. The third kappa shape index (κ3) is 2.98. The van der Waals surface area contributed by atoms with E-state index in [0.717, 1.165) is 32.2 Å². The number of nitro groups is 1. The molecule has 0 radical (unpaired) electrons. The van der Waals surface area contributed by atoms with E-state index < -0.39 is 10.7 Å². The summed E-state index contributed by atoms with van der Waals surface area (Å²) in [6.07, 6.45) is 0. The molecular formula is C11H14FN3O2. The Kier molecular flexibility index (Phi) is 3.65. The lowest BCUT2D eigenvalue weighted by atomic mass is 10.1. The van der Waals surface area contributed by atoms with Crippen molar-refractivity contribution in [3.05, 3.63) is 39.7 Å². The highest BCUT2D eigenvalue weighted by Gasteiger charge is 2.18. The van der Waals surface area contributed by atoms with Gasteiger partial charge in [-0.1, -0.05) is 0 Å². The van der Waals surface area contributed by atoms with Gasteiger partial charge in [-0.2, -0.15) is 0 Å². The Morgan fingerprint density at radius 2 is 2.12 bits per heavy atom. The number of piperazine rings is 1. The number of hydrogen-bond acceptors (Lipinski definition) is 4. The van der Waals surface area contributed by atoms with Gasteiger partial charge in [0.05, 0.1) is 4.92 Å². The van der Waals surface area contributed by atoms with Crippen LogP contribution in [0.15, 0.2) is 18.2 Å². The van der Waals surface area contributed by atoms with Crippen LogP contribution >= 0.6 is 0 Å². The van der Waals surface area contributed by atoms with E-state index in [9.17, 15) is 14.5 Å². The van der Waals surface area contributed by atoms with Gasteiger partial charge in [0, 0.05) is 44.4 Å². The maximum Gasteiger partial charge on any atom is 0.274 e. The number of rotatable bonds is 3. The molecule has 92 valence electrons. The summed E-state index contributed by atoms with van der Waals surface area (Å²) in [6, 6.07) is 3.60. The van der Waals surface area contributed by atoms with Gasteiger partial charge in [-0.25, -0.2) is 4.39 Å². The first-order valence-corrected chi connectivity index (χ1v) is 5.53. The van der Waals surface area contributed by atoms with E-state index in [1.165, 1.54) is 12.1 Å². The molecule has 5 nitrogen and oxygen atoms in total. The molecule has 1 aromatic rings. The fraction of sp³-hybridized carbons (Fsp3) is 0.455. The monoisotopic (exact) mass is 239 g/mol. The van der Waals surface area contributed by atoms with Crippen LogP contribution in [0, 0.1) is 15.9 Å². The first-order chi connectivity index (χ1) is 8.16. The average Bonchev–Trinajstić information content (AvgIpc) is 2.30. The number of halogens is 1. The molecule has 0 aromatic heterocycles. The van der Waals surface area contributed by atoms with E-state index in [0.29, 0.717) is 12.1 Å². The minimum Gasteiger partial charge on any atom is -0.314 e. The molecule has 17 heavy (non-hydrogen) atoms. The summed E-state index contributed by atoms with van der Waals surface area (Å²) in [5.41, 5.74) is 0.432. The number of nitrogens with one attached hydrogen (secondary N) is 1. The van der Waals surface area contributed by atoms with Crippen molar-refractivity contribution >= 4 is 5.69 Å². The van der Waals surface area contributed by atoms with Gasteiger partial charge < -0.3 is 5.32 Å². The van der Waals surface area contributed by atoms with Crippen LogP contribution in [0.2, 0.25) is 0 Å². The lowest BCUT2D eigenvalue weighted by Crippen LogP contribution is -2.42. The van der Waals surface area contributed by atoms with Crippen LogP contribution in [-0.2, 0) is 6.54 Å². The van der Waals surface area contributed by atoms with Crippen LogP contribution in [0.3, 0.4) is 0 Å². The Balaban J connectivity index is 2.17. The lowest BCUT2D eigenvalue weighted by molar-refractivity contribution is -0.385. The minimum atomic E-state index is -0.461. The number of hydrogen-bond donors (Lipinski definition) is 1. The van der Waals surface area contributed by atoms with E-state index in [1.807, 2.05) is 0 Å². The van der Waals surface area contributed by atoms with Gasteiger partial charge in [-0.15, -0.1) is 0 Å². The Morgan fingerprint density at radius 3 is 2.76 bits per heavy atom. The second kappa shape index (κ2) is 5.20. The summed E-state index contributed by atoms with van der Waals surface area (Å²) in [7, 11) is 0. The summed E-state index contributed by atoms with van der Waals surface area (Å²) in [4.78, 5) is 12.4. The van der Waals surface area contributed by atoms with Gasteiger partial charge in [-0.05, 0) is 12.1 Å². The van der Waals surface area contributed by atoms with Gasteiger partial charge in [-0.3, -0.25) is 15.0 Å². The van der Waals surface area contributed by atoms with Crippen LogP contribution in [0.5, 0.6) is 0 Å². The van der Waals surface area contributed by atoms with E-state index in [-0.39, 0.29) is 5.69 Å². The predicted octanol–water partition coefficient (Wildman–Crippen LogP) is 1.14. The van der Waals surface area contributed by atoms with Crippen molar-refractivity contribution in [1.29, 1.82) is 0 Å². The van der Waals surface area contributed by atoms with Crippen molar-refractivity contribution in [2.75, 3.05) is 26.2 Å². The maximum atomic E-state index is 13.1. The van der Waals surface area contributed by atoms with Crippen LogP contribution in [-0.4, -0.2) is 36.0 Å². The van der Waals surface area contributed by atoms with Crippen LogP contribution in [0.1, 0.15) is 5.56 Å². The van der Waals surface area contributed by atoms with Gasteiger partial charge in [0.2, 0.25) is 0 Å². The molecule has 0 amide bonds. The number of nitrogens with zero attached hydrogens (tertiary/aromatic N) is 2. The molecule has 0 aliphatic carbocycles. The zero-order chi connectivity index (χ0) is 12.3. The molecular weight excluding hydrogens is 225 g/mol. The Hall–Kier alpha value is -1.53. The second-order valence-corrected chi connectivity index (χ2v) is 4.06. The van der Waals surface area contributed by atoms with Crippen molar-refractivity contribution in [2.24, 2.45) is 0 Å². The highest BCUT2D eigenvalue weighted by Crippen LogP contribution is 2.21. The summed E-state index contributed by atoms with van der Waals surface area (Å²) >= 11 is 0. The third-order valence-corrected chi connectivity index (χ3v) is 2.84. The normalized spacial score (nSPS) is 17.0. The fourth-order valence-corrected chi connectivity index (χ4v) is 1.97. The highest BCUT2D eigenvalue weighted by molar-refractivity contribution is 5.40. The first kappa shape index (κ1) is 11.9. The van der Waals surface area contributed by atoms with E-state index in [4.69, 9.17) is 0 Å². The standard InChI is InChI=1S/C11H14FN3O2/c12-10-1-2-11(15(16)17)9(7-10)8-14-5-3-13-4-6-14/h1-2,7,13H,3-6,8H2. The van der Waals surface area contributed by atoms with Crippen molar-refractivity contribution in [3.63, 3.8) is 0 Å². The molecule has 1 N–H and O–H groups in total. The second-order valence-electron chi connectivity index (χ2n) is 4.06. The largest absolute Gasteiger partial charge is 0.314 e. The van der Waals surface area contributed by atoms with Crippen LogP contribution in [0.25, 0.3) is 0 Å². The summed E-state index contributed by atoms with van der Waals surface area (Å²) in [5, 5.41) is 14.0. The van der Waals surface area contributed by atoms with Gasteiger partial charge >= 0.3 is 0 Å². The molecule has 1 aliphatic heterocycles. The van der Waals surface area contributed by atoms with Crippen LogP contribution < -0.4 is 5.32 Å². The molecule has 1 fully saturated rings. The van der Waals surface area contributed by atoms with Crippen molar-refractivity contribution < 1.29 is 9.31 Å². The third-order valence-electron chi connectivity index (χ3n) is 2.84. The molecule has 1 aromatic carbocycles. The summed E-state index contributed by atoms with van der Waals surface area (Å²) < 4.78 is 13.1. The average molecular weight is 239 g/mol. The molecule has 0 saturated carbocycles. The Labute approximate surface area is 98.4 Å². The zero-order valence-electron chi connectivity index (χ0n) is 9.36. The molecule has 2 rings (SSSR count). The molecule has 1 heterocycles.